The minimum atomic E-state index is -3.82. The number of hydrogen-bond acceptors (Lipinski definition) is 4. The van der Waals surface area contributed by atoms with Crippen molar-refractivity contribution < 1.29 is 17.9 Å². The molecular formula is C12H17ClN2O4S. The van der Waals surface area contributed by atoms with Gasteiger partial charge in [0.15, 0.2) is 0 Å². The van der Waals surface area contributed by atoms with Crippen LogP contribution >= 0.6 is 10.7 Å². The van der Waals surface area contributed by atoms with Gasteiger partial charge in [-0.25, -0.2) is 8.42 Å². The molecule has 0 saturated carbocycles. The van der Waals surface area contributed by atoms with E-state index in [1.807, 2.05) is 0 Å². The highest BCUT2D eigenvalue weighted by Crippen LogP contribution is 2.28. The molecule has 0 spiro atoms. The lowest BCUT2D eigenvalue weighted by atomic mass is 9.82. The van der Waals surface area contributed by atoms with Crippen molar-refractivity contribution >= 4 is 25.6 Å². The summed E-state index contributed by atoms with van der Waals surface area (Å²) >= 11 is 0. The minimum Gasteiger partial charge on any atom is -0.381 e. The third-order valence-electron chi connectivity index (χ3n) is 3.56. The van der Waals surface area contributed by atoms with Crippen molar-refractivity contribution in [2.45, 2.75) is 24.7 Å². The molecule has 1 aromatic rings. The molecule has 0 atom stereocenters. The Kier molecular flexibility index (Phi) is 4.41. The standard InChI is InChI=1S/C12H17ClN2O4S/c1-12(2-4-19-5-3-12)8-15-11(16)10-6-9(7-14-10)20(13,17)18/h6-7,14H,2-5,8H2,1H3,(H,15,16). The van der Waals surface area contributed by atoms with E-state index in [-0.39, 0.29) is 21.9 Å². The second kappa shape index (κ2) is 5.75. The zero-order valence-electron chi connectivity index (χ0n) is 11.1. The Hall–Kier alpha value is -1.05. The summed E-state index contributed by atoms with van der Waals surface area (Å²) in [6.07, 6.45) is 2.98. The van der Waals surface area contributed by atoms with Gasteiger partial charge in [-0.05, 0) is 24.3 Å². The molecule has 1 aromatic heterocycles. The van der Waals surface area contributed by atoms with E-state index in [9.17, 15) is 13.2 Å². The van der Waals surface area contributed by atoms with Crippen molar-refractivity contribution in [3.05, 3.63) is 18.0 Å². The molecule has 112 valence electrons. The van der Waals surface area contributed by atoms with Gasteiger partial charge in [0.25, 0.3) is 15.0 Å². The molecular weight excluding hydrogens is 304 g/mol. The number of aromatic amines is 1. The van der Waals surface area contributed by atoms with Crippen LogP contribution < -0.4 is 5.32 Å². The molecule has 2 heterocycles. The SMILES string of the molecule is CC1(CNC(=O)c2cc(S(=O)(=O)Cl)c[nH]2)CCOCC1. The highest BCUT2D eigenvalue weighted by molar-refractivity contribution is 8.13. The van der Waals surface area contributed by atoms with Crippen molar-refractivity contribution in [2.75, 3.05) is 19.8 Å². The first kappa shape index (κ1) is 15.3. The largest absolute Gasteiger partial charge is 0.381 e. The highest BCUT2D eigenvalue weighted by atomic mass is 35.7. The molecule has 0 aliphatic carbocycles. The lowest BCUT2D eigenvalue weighted by molar-refractivity contribution is 0.0238. The maximum Gasteiger partial charge on any atom is 0.267 e. The predicted octanol–water partition coefficient (Wildman–Crippen LogP) is 1.49. The Bertz CT molecular complexity index is 590. The molecule has 1 aliphatic heterocycles. The summed E-state index contributed by atoms with van der Waals surface area (Å²) in [5, 5.41) is 2.81. The van der Waals surface area contributed by atoms with Crippen LogP contribution in [0.3, 0.4) is 0 Å². The average Bonchev–Trinajstić information content (AvgIpc) is 2.86. The van der Waals surface area contributed by atoms with Gasteiger partial charge >= 0.3 is 0 Å². The number of H-pyrrole nitrogens is 1. The Morgan fingerprint density at radius 3 is 2.70 bits per heavy atom. The topological polar surface area (TPSA) is 88.3 Å². The first-order valence-electron chi connectivity index (χ1n) is 6.29. The molecule has 0 radical (unpaired) electrons. The highest BCUT2D eigenvalue weighted by Gasteiger charge is 2.28. The number of rotatable bonds is 4. The zero-order chi connectivity index (χ0) is 14.8. The molecule has 2 N–H and O–H groups in total. The van der Waals surface area contributed by atoms with Crippen molar-refractivity contribution in [1.82, 2.24) is 10.3 Å². The summed E-state index contributed by atoms with van der Waals surface area (Å²) in [4.78, 5) is 14.5. The maximum atomic E-state index is 12.0. The van der Waals surface area contributed by atoms with Crippen molar-refractivity contribution in [2.24, 2.45) is 5.41 Å². The van der Waals surface area contributed by atoms with E-state index in [4.69, 9.17) is 15.4 Å². The van der Waals surface area contributed by atoms with Crippen LogP contribution in [0.2, 0.25) is 0 Å². The molecule has 0 unspecified atom stereocenters. The van der Waals surface area contributed by atoms with E-state index in [1.54, 1.807) is 0 Å². The van der Waals surface area contributed by atoms with Crippen LogP contribution in [-0.2, 0) is 13.8 Å². The van der Waals surface area contributed by atoms with E-state index in [2.05, 4.69) is 17.2 Å². The smallest absolute Gasteiger partial charge is 0.267 e. The molecule has 1 saturated heterocycles. The Morgan fingerprint density at radius 2 is 2.15 bits per heavy atom. The van der Waals surface area contributed by atoms with E-state index in [1.165, 1.54) is 12.3 Å². The number of hydrogen-bond donors (Lipinski definition) is 2. The van der Waals surface area contributed by atoms with Crippen LogP contribution in [0.25, 0.3) is 0 Å². The second-order valence-corrected chi connectivity index (χ2v) is 7.86. The Morgan fingerprint density at radius 1 is 1.50 bits per heavy atom. The van der Waals surface area contributed by atoms with Gasteiger partial charge in [0.2, 0.25) is 0 Å². The molecule has 0 bridgehead atoms. The van der Waals surface area contributed by atoms with Crippen molar-refractivity contribution in [1.29, 1.82) is 0 Å². The van der Waals surface area contributed by atoms with Gasteiger partial charge in [-0.1, -0.05) is 6.92 Å². The van der Waals surface area contributed by atoms with Crippen LogP contribution in [0, 0.1) is 5.41 Å². The average molecular weight is 321 g/mol. The van der Waals surface area contributed by atoms with Crippen LogP contribution in [-0.4, -0.2) is 39.1 Å². The minimum absolute atomic E-state index is 0.0158. The van der Waals surface area contributed by atoms with Gasteiger partial charge in [-0.3, -0.25) is 4.79 Å². The first-order valence-corrected chi connectivity index (χ1v) is 8.60. The van der Waals surface area contributed by atoms with Gasteiger partial charge in [0.1, 0.15) is 10.6 Å². The number of aromatic nitrogens is 1. The van der Waals surface area contributed by atoms with Crippen molar-refractivity contribution in [3.8, 4) is 0 Å². The van der Waals surface area contributed by atoms with Gasteiger partial charge in [-0.15, -0.1) is 0 Å². The van der Waals surface area contributed by atoms with Gasteiger partial charge < -0.3 is 15.0 Å². The molecule has 0 aromatic carbocycles. The quantitative estimate of drug-likeness (QED) is 0.823. The predicted molar refractivity (Wildman–Crippen MR) is 74.3 cm³/mol. The fourth-order valence-electron chi connectivity index (χ4n) is 2.08. The Balaban J connectivity index is 1.97. The number of ether oxygens (including phenoxy) is 1. The summed E-state index contributed by atoms with van der Waals surface area (Å²) in [7, 11) is 1.39. The summed E-state index contributed by atoms with van der Waals surface area (Å²) in [6, 6.07) is 1.23. The fourth-order valence-corrected chi connectivity index (χ4v) is 2.80. The third-order valence-corrected chi connectivity index (χ3v) is 4.89. The number of halogens is 1. The molecule has 8 heteroatoms. The van der Waals surface area contributed by atoms with Gasteiger partial charge in [0.05, 0.1) is 0 Å². The number of amides is 1. The van der Waals surface area contributed by atoms with Crippen molar-refractivity contribution in [3.63, 3.8) is 0 Å². The second-order valence-electron chi connectivity index (χ2n) is 5.29. The number of carbonyl (C=O) groups is 1. The molecule has 1 aliphatic rings. The summed E-state index contributed by atoms with van der Waals surface area (Å²) in [5.41, 5.74) is 0.196. The van der Waals surface area contributed by atoms with Crippen LogP contribution in [0.1, 0.15) is 30.3 Å². The first-order chi connectivity index (χ1) is 9.30. The zero-order valence-corrected chi connectivity index (χ0v) is 12.7. The number of nitrogens with one attached hydrogen (secondary N) is 2. The number of carbonyl (C=O) groups excluding carboxylic acids is 1. The van der Waals surface area contributed by atoms with Crippen LogP contribution in [0.5, 0.6) is 0 Å². The molecule has 6 nitrogen and oxygen atoms in total. The van der Waals surface area contributed by atoms with E-state index >= 15 is 0 Å². The molecule has 2 rings (SSSR count). The third kappa shape index (κ3) is 3.74. The van der Waals surface area contributed by atoms with E-state index in [0.29, 0.717) is 19.8 Å². The lowest BCUT2D eigenvalue weighted by Crippen LogP contribution is -2.39. The van der Waals surface area contributed by atoms with E-state index < -0.39 is 9.05 Å². The lowest BCUT2D eigenvalue weighted by Gasteiger charge is -2.33. The van der Waals surface area contributed by atoms with Crippen LogP contribution in [0.4, 0.5) is 0 Å². The van der Waals surface area contributed by atoms with Gasteiger partial charge in [0, 0.05) is 36.6 Å². The molecule has 20 heavy (non-hydrogen) atoms. The molecule has 1 amide bonds. The maximum absolute atomic E-state index is 12.0. The monoisotopic (exact) mass is 320 g/mol. The Labute approximate surface area is 122 Å². The van der Waals surface area contributed by atoms with Gasteiger partial charge in [-0.2, -0.15) is 0 Å². The molecule has 1 fully saturated rings. The summed E-state index contributed by atoms with van der Waals surface area (Å²) < 4.78 is 27.5. The van der Waals surface area contributed by atoms with Crippen LogP contribution in [0.15, 0.2) is 17.2 Å². The fraction of sp³-hybridized carbons (Fsp3) is 0.583. The van der Waals surface area contributed by atoms with E-state index in [0.717, 1.165) is 12.8 Å². The summed E-state index contributed by atoms with van der Waals surface area (Å²) in [5.74, 6) is -0.343. The normalized spacial score (nSPS) is 18.7. The summed E-state index contributed by atoms with van der Waals surface area (Å²) in [6.45, 7) is 4.02.